The van der Waals surface area contributed by atoms with Crippen molar-refractivity contribution in [3.8, 4) is 0 Å². The Bertz CT molecular complexity index is 485. The van der Waals surface area contributed by atoms with Crippen molar-refractivity contribution < 1.29 is 4.79 Å². The van der Waals surface area contributed by atoms with Gasteiger partial charge in [-0.05, 0) is 42.9 Å². The predicted octanol–water partition coefficient (Wildman–Crippen LogP) is 2.51. The molecule has 1 aromatic carbocycles. The summed E-state index contributed by atoms with van der Waals surface area (Å²) in [6.45, 7) is 0.875. The Morgan fingerprint density at radius 2 is 2.37 bits per heavy atom. The van der Waals surface area contributed by atoms with Crippen molar-refractivity contribution in [3.05, 3.63) is 46.2 Å². The fourth-order valence-corrected chi connectivity index (χ4v) is 2.70. The van der Waals surface area contributed by atoms with Gasteiger partial charge < -0.3 is 10.6 Å². The summed E-state index contributed by atoms with van der Waals surface area (Å²) in [5, 5.41) is 7.16. The van der Waals surface area contributed by atoms with Gasteiger partial charge in [0.2, 0.25) is 0 Å². The molecule has 102 valence electrons. The van der Waals surface area contributed by atoms with Crippen LogP contribution in [-0.4, -0.2) is 19.9 Å². The molecule has 0 saturated heterocycles. The summed E-state index contributed by atoms with van der Waals surface area (Å²) in [4.78, 5) is 11.0. The van der Waals surface area contributed by atoms with Crippen molar-refractivity contribution in [2.45, 2.75) is 19.3 Å². The molecular formula is C15H19ClN2O. The van der Waals surface area contributed by atoms with Gasteiger partial charge in [-0.3, -0.25) is 4.79 Å². The van der Waals surface area contributed by atoms with Gasteiger partial charge in [0.15, 0.2) is 0 Å². The van der Waals surface area contributed by atoms with Crippen LogP contribution in [-0.2, 0) is 11.2 Å². The molecule has 19 heavy (non-hydrogen) atoms. The maximum atomic E-state index is 11.0. The first-order chi connectivity index (χ1) is 9.22. The Labute approximate surface area is 119 Å². The number of allylic oxidation sites excluding steroid dienone is 1. The number of nitrogens with one attached hydrogen (secondary N) is 2. The Kier molecular flexibility index (Phi) is 4.86. The van der Waals surface area contributed by atoms with Crippen molar-refractivity contribution in [2.24, 2.45) is 5.92 Å². The monoisotopic (exact) mass is 278 g/mol. The summed E-state index contributed by atoms with van der Waals surface area (Å²) in [7, 11) is 1.84. The van der Waals surface area contributed by atoms with Crippen LogP contribution in [0.5, 0.6) is 0 Å². The van der Waals surface area contributed by atoms with E-state index in [1.165, 1.54) is 5.56 Å². The minimum Gasteiger partial charge on any atom is -0.375 e. The molecule has 1 unspecified atom stereocenters. The molecule has 2 rings (SSSR count). The second-order valence-electron chi connectivity index (χ2n) is 4.89. The predicted molar refractivity (Wildman–Crippen MR) is 78.0 cm³/mol. The zero-order chi connectivity index (χ0) is 13.7. The highest BCUT2D eigenvalue weighted by atomic mass is 35.5. The second kappa shape index (κ2) is 6.62. The molecule has 1 aliphatic rings. The van der Waals surface area contributed by atoms with Crippen LogP contribution in [0.3, 0.4) is 0 Å². The van der Waals surface area contributed by atoms with Gasteiger partial charge in [-0.2, -0.15) is 0 Å². The van der Waals surface area contributed by atoms with E-state index >= 15 is 0 Å². The number of halogens is 1. The molecule has 0 aliphatic carbocycles. The molecule has 2 N–H and O–H groups in total. The lowest BCUT2D eigenvalue weighted by atomic mass is 9.94. The van der Waals surface area contributed by atoms with Gasteiger partial charge in [-0.1, -0.05) is 23.7 Å². The van der Waals surface area contributed by atoms with Crippen molar-refractivity contribution in [3.63, 3.8) is 0 Å². The van der Waals surface area contributed by atoms with Gasteiger partial charge in [-0.25, -0.2) is 0 Å². The van der Waals surface area contributed by atoms with Crippen LogP contribution in [0.25, 0.3) is 0 Å². The largest absolute Gasteiger partial charge is 0.375 e. The molecule has 4 heteroatoms. The summed E-state index contributed by atoms with van der Waals surface area (Å²) in [6.07, 6.45) is 3.76. The van der Waals surface area contributed by atoms with E-state index in [1.54, 1.807) is 0 Å². The first kappa shape index (κ1) is 13.9. The van der Waals surface area contributed by atoms with Crippen LogP contribution in [0.2, 0.25) is 5.02 Å². The maximum Gasteiger partial charge on any atom is 0.149 e. The minimum atomic E-state index is 0.513. The van der Waals surface area contributed by atoms with E-state index in [0.717, 1.165) is 48.5 Å². The lowest BCUT2D eigenvalue weighted by Crippen LogP contribution is -2.28. The van der Waals surface area contributed by atoms with Gasteiger partial charge in [0.25, 0.3) is 0 Å². The van der Waals surface area contributed by atoms with Crippen molar-refractivity contribution in [1.29, 1.82) is 0 Å². The third kappa shape index (κ3) is 3.74. The summed E-state index contributed by atoms with van der Waals surface area (Å²) >= 11 is 6.01. The lowest BCUT2D eigenvalue weighted by molar-refractivity contribution is -0.105. The van der Waals surface area contributed by atoms with Gasteiger partial charge in [0.1, 0.15) is 12.1 Å². The van der Waals surface area contributed by atoms with Crippen LogP contribution in [0.1, 0.15) is 18.4 Å². The topological polar surface area (TPSA) is 41.1 Å². The van der Waals surface area contributed by atoms with E-state index in [-0.39, 0.29) is 0 Å². The average molecular weight is 279 g/mol. The SMILES string of the molecule is CNC1=C(C=O)CCC(Cc2cccc(Cl)c2)CN1. The van der Waals surface area contributed by atoms with Gasteiger partial charge in [-0.15, -0.1) is 0 Å². The fraction of sp³-hybridized carbons (Fsp3) is 0.400. The summed E-state index contributed by atoms with van der Waals surface area (Å²) in [5.74, 6) is 1.38. The summed E-state index contributed by atoms with van der Waals surface area (Å²) < 4.78 is 0. The Balaban J connectivity index is 2.00. The molecule has 0 amide bonds. The van der Waals surface area contributed by atoms with Gasteiger partial charge in [0.05, 0.1) is 0 Å². The van der Waals surface area contributed by atoms with E-state index in [4.69, 9.17) is 11.6 Å². The van der Waals surface area contributed by atoms with Crippen LogP contribution in [0.15, 0.2) is 35.7 Å². The van der Waals surface area contributed by atoms with E-state index < -0.39 is 0 Å². The number of rotatable bonds is 4. The molecule has 3 nitrogen and oxygen atoms in total. The Morgan fingerprint density at radius 1 is 1.53 bits per heavy atom. The molecule has 0 fully saturated rings. The maximum absolute atomic E-state index is 11.0. The molecule has 1 aliphatic heterocycles. The number of carbonyl (C=O) groups is 1. The quantitative estimate of drug-likeness (QED) is 0.832. The standard InChI is InChI=1S/C15H19ClN2O/c1-17-15-13(10-19)6-5-12(9-18-15)7-11-3-2-4-14(16)8-11/h2-4,8,10,12,17-18H,5-7,9H2,1H3. The van der Waals surface area contributed by atoms with Crippen LogP contribution in [0, 0.1) is 5.92 Å². The van der Waals surface area contributed by atoms with E-state index in [0.29, 0.717) is 5.92 Å². The first-order valence-corrected chi connectivity index (χ1v) is 6.95. The normalized spacial score (nSPS) is 19.6. The van der Waals surface area contributed by atoms with Crippen LogP contribution in [0.4, 0.5) is 0 Å². The lowest BCUT2D eigenvalue weighted by Gasteiger charge is -2.16. The molecular weight excluding hydrogens is 260 g/mol. The zero-order valence-electron chi connectivity index (χ0n) is 11.1. The first-order valence-electron chi connectivity index (χ1n) is 6.57. The smallest absolute Gasteiger partial charge is 0.149 e. The molecule has 0 bridgehead atoms. The Hall–Kier alpha value is -1.48. The summed E-state index contributed by atoms with van der Waals surface area (Å²) in [6, 6.07) is 7.99. The summed E-state index contributed by atoms with van der Waals surface area (Å²) in [5.41, 5.74) is 2.08. The molecule has 0 aromatic heterocycles. The number of carbonyl (C=O) groups excluding carboxylic acids is 1. The van der Waals surface area contributed by atoms with Crippen molar-refractivity contribution in [2.75, 3.05) is 13.6 Å². The highest BCUT2D eigenvalue weighted by Crippen LogP contribution is 2.21. The minimum absolute atomic E-state index is 0.513. The third-order valence-electron chi connectivity index (χ3n) is 3.52. The number of benzene rings is 1. The van der Waals surface area contributed by atoms with Crippen LogP contribution >= 0.6 is 11.6 Å². The molecule has 1 aromatic rings. The molecule has 0 spiro atoms. The fourth-order valence-electron chi connectivity index (χ4n) is 2.48. The molecule has 1 heterocycles. The van der Waals surface area contributed by atoms with Crippen molar-refractivity contribution >= 4 is 17.9 Å². The third-order valence-corrected chi connectivity index (χ3v) is 3.75. The number of hydrogen-bond donors (Lipinski definition) is 2. The van der Waals surface area contributed by atoms with E-state index in [1.807, 2.05) is 25.2 Å². The average Bonchev–Trinajstić information content (AvgIpc) is 2.60. The highest BCUT2D eigenvalue weighted by molar-refractivity contribution is 6.30. The zero-order valence-corrected chi connectivity index (χ0v) is 11.8. The molecule has 1 atom stereocenters. The van der Waals surface area contributed by atoms with Gasteiger partial charge in [0, 0.05) is 24.2 Å². The van der Waals surface area contributed by atoms with Gasteiger partial charge >= 0.3 is 0 Å². The molecule has 0 saturated carbocycles. The van der Waals surface area contributed by atoms with E-state index in [2.05, 4.69) is 16.7 Å². The van der Waals surface area contributed by atoms with E-state index in [9.17, 15) is 4.79 Å². The molecule has 0 radical (unpaired) electrons. The Morgan fingerprint density at radius 3 is 3.05 bits per heavy atom. The van der Waals surface area contributed by atoms with Crippen LogP contribution < -0.4 is 10.6 Å². The number of hydrogen-bond acceptors (Lipinski definition) is 3. The number of aldehydes is 1. The highest BCUT2D eigenvalue weighted by Gasteiger charge is 2.17. The second-order valence-corrected chi connectivity index (χ2v) is 5.32. The van der Waals surface area contributed by atoms with Crippen molar-refractivity contribution in [1.82, 2.24) is 10.6 Å².